The molecule has 0 spiro atoms. The average molecular weight is 293 g/mol. The minimum Gasteiger partial charge on any atom is -0.490 e. The van der Waals surface area contributed by atoms with Crippen molar-refractivity contribution in [1.82, 2.24) is 9.97 Å². The molecule has 0 saturated heterocycles. The standard InChI is InChI=1S/C14H17ClN4O/c1-9(10-5-4-6-11(15)7-10)19-14-12(20-3)13(16-2)17-8-18-14/h4-9H,1-3H3,(H2,16,17,18,19). The number of nitrogens with zero attached hydrogens (tertiary/aromatic N) is 2. The van der Waals surface area contributed by atoms with E-state index in [1.54, 1.807) is 14.2 Å². The van der Waals surface area contributed by atoms with Crippen molar-refractivity contribution < 1.29 is 4.74 Å². The third kappa shape index (κ3) is 3.11. The molecule has 2 aromatic rings. The lowest BCUT2D eigenvalue weighted by Gasteiger charge is -2.18. The number of rotatable bonds is 5. The van der Waals surface area contributed by atoms with Crippen LogP contribution in [-0.4, -0.2) is 24.1 Å². The fourth-order valence-corrected chi connectivity index (χ4v) is 2.11. The number of halogens is 1. The molecule has 1 aromatic carbocycles. The molecule has 1 atom stereocenters. The molecule has 5 nitrogen and oxygen atoms in total. The normalized spacial score (nSPS) is 11.8. The molecule has 0 bridgehead atoms. The van der Waals surface area contributed by atoms with E-state index in [0.717, 1.165) is 5.56 Å². The molecule has 1 aromatic heterocycles. The van der Waals surface area contributed by atoms with Gasteiger partial charge in [0.15, 0.2) is 11.6 Å². The van der Waals surface area contributed by atoms with Crippen molar-refractivity contribution in [1.29, 1.82) is 0 Å². The monoisotopic (exact) mass is 292 g/mol. The highest BCUT2D eigenvalue weighted by Gasteiger charge is 2.14. The number of hydrogen-bond acceptors (Lipinski definition) is 5. The van der Waals surface area contributed by atoms with E-state index < -0.39 is 0 Å². The molecular formula is C14H17ClN4O. The zero-order valence-electron chi connectivity index (χ0n) is 11.6. The second-order valence-corrected chi connectivity index (χ2v) is 4.71. The minimum absolute atomic E-state index is 0.0437. The third-order valence-electron chi connectivity index (χ3n) is 2.95. The first-order valence-corrected chi connectivity index (χ1v) is 6.62. The lowest BCUT2D eigenvalue weighted by atomic mass is 10.1. The smallest absolute Gasteiger partial charge is 0.204 e. The molecular weight excluding hydrogens is 276 g/mol. The highest BCUT2D eigenvalue weighted by atomic mass is 35.5. The number of benzene rings is 1. The van der Waals surface area contributed by atoms with Gasteiger partial charge < -0.3 is 15.4 Å². The van der Waals surface area contributed by atoms with Gasteiger partial charge in [-0.1, -0.05) is 23.7 Å². The second-order valence-electron chi connectivity index (χ2n) is 4.28. The Labute approximate surface area is 123 Å². The van der Waals surface area contributed by atoms with E-state index in [0.29, 0.717) is 22.4 Å². The maximum Gasteiger partial charge on any atom is 0.204 e. The van der Waals surface area contributed by atoms with E-state index in [1.165, 1.54) is 6.33 Å². The van der Waals surface area contributed by atoms with Crippen LogP contribution in [0, 0.1) is 0 Å². The molecule has 0 saturated carbocycles. The summed E-state index contributed by atoms with van der Waals surface area (Å²) in [5.41, 5.74) is 1.07. The SMILES string of the molecule is CNc1ncnc(NC(C)c2cccc(Cl)c2)c1OC. The molecule has 0 radical (unpaired) electrons. The fraction of sp³-hybridized carbons (Fsp3) is 0.286. The van der Waals surface area contributed by atoms with E-state index in [1.807, 2.05) is 31.2 Å². The van der Waals surface area contributed by atoms with Crippen LogP contribution in [0.4, 0.5) is 11.6 Å². The van der Waals surface area contributed by atoms with Gasteiger partial charge in [0.05, 0.1) is 13.2 Å². The lowest BCUT2D eigenvalue weighted by molar-refractivity contribution is 0.414. The highest BCUT2D eigenvalue weighted by molar-refractivity contribution is 6.30. The molecule has 106 valence electrons. The molecule has 6 heteroatoms. The topological polar surface area (TPSA) is 59.1 Å². The number of hydrogen-bond donors (Lipinski definition) is 2. The number of methoxy groups -OCH3 is 1. The van der Waals surface area contributed by atoms with Gasteiger partial charge in [-0.2, -0.15) is 0 Å². The Morgan fingerprint density at radius 2 is 2.00 bits per heavy atom. The van der Waals surface area contributed by atoms with Crippen LogP contribution in [-0.2, 0) is 0 Å². The van der Waals surface area contributed by atoms with Gasteiger partial charge >= 0.3 is 0 Å². The van der Waals surface area contributed by atoms with Gasteiger partial charge in [-0.15, -0.1) is 0 Å². The summed E-state index contributed by atoms with van der Waals surface area (Å²) in [5.74, 6) is 1.87. The predicted molar refractivity (Wildman–Crippen MR) is 81.6 cm³/mol. The molecule has 0 aliphatic carbocycles. The molecule has 1 heterocycles. The van der Waals surface area contributed by atoms with Gasteiger partial charge in [-0.05, 0) is 24.6 Å². The molecule has 0 aliphatic rings. The Morgan fingerprint density at radius 1 is 1.25 bits per heavy atom. The van der Waals surface area contributed by atoms with Crippen LogP contribution < -0.4 is 15.4 Å². The average Bonchev–Trinajstić information content (AvgIpc) is 2.46. The van der Waals surface area contributed by atoms with Crippen molar-refractivity contribution in [3.8, 4) is 5.75 Å². The molecule has 1 unspecified atom stereocenters. The quantitative estimate of drug-likeness (QED) is 0.885. The van der Waals surface area contributed by atoms with Gasteiger partial charge in [-0.3, -0.25) is 0 Å². The Bertz CT molecular complexity index is 591. The Balaban J connectivity index is 2.25. The van der Waals surface area contributed by atoms with Crippen LogP contribution in [0.15, 0.2) is 30.6 Å². The summed E-state index contributed by atoms with van der Waals surface area (Å²) in [6, 6.07) is 7.75. The minimum atomic E-state index is 0.0437. The van der Waals surface area contributed by atoms with Gasteiger partial charge in [0.1, 0.15) is 6.33 Å². The van der Waals surface area contributed by atoms with E-state index in [-0.39, 0.29) is 6.04 Å². The third-order valence-corrected chi connectivity index (χ3v) is 3.18. The van der Waals surface area contributed by atoms with Gasteiger partial charge in [0.25, 0.3) is 0 Å². The van der Waals surface area contributed by atoms with Crippen LogP contribution in [0.2, 0.25) is 5.02 Å². The molecule has 0 aliphatic heterocycles. The number of ether oxygens (including phenoxy) is 1. The summed E-state index contributed by atoms with van der Waals surface area (Å²) in [7, 11) is 3.38. The Hall–Kier alpha value is -2.01. The maximum absolute atomic E-state index is 6.01. The number of anilines is 2. The molecule has 2 N–H and O–H groups in total. The summed E-state index contributed by atoms with van der Waals surface area (Å²) < 4.78 is 5.35. The molecule has 0 fully saturated rings. The van der Waals surface area contributed by atoms with Gasteiger partial charge in [-0.25, -0.2) is 9.97 Å². The van der Waals surface area contributed by atoms with Crippen LogP contribution in [0.25, 0.3) is 0 Å². The van der Waals surface area contributed by atoms with Crippen LogP contribution >= 0.6 is 11.6 Å². The summed E-state index contributed by atoms with van der Waals surface area (Å²) in [4.78, 5) is 8.34. The van der Waals surface area contributed by atoms with Crippen molar-refractivity contribution in [2.45, 2.75) is 13.0 Å². The van der Waals surface area contributed by atoms with Gasteiger partial charge in [0, 0.05) is 12.1 Å². The van der Waals surface area contributed by atoms with Crippen LogP contribution in [0.1, 0.15) is 18.5 Å². The summed E-state index contributed by atoms with van der Waals surface area (Å²) >= 11 is 6.01. The number of nitrogens with one attached hydrogen (secondary N) is 2. The zero-order valence-corrected chi connectivity index (χ0v) is 12.4. The molecule has 0 amide bonds. The first kappa shape index (κ1) is 14.4. The van der Waals surface area contributed by atoms with Crippen LogP contribution in [0.3, 0.4) is 0 Å². The van der Waals surface area contributed by atoms with Crippen LogP contribution in [0.5, 0.6) is 5.75 Å². The van der Waals surface area contributed by atoms with Crippen molar-refractivity contribution in [2.24, 2.45) is 0 Å². The van der Waals surface area contributed by atoms with Gasteiger partial charge in [0.2, 0.25) is 5.75 Å². The zero-order chi connectivity index (χ0) is 14.5. The first-order valence-electron chi connectivity index (χ1n) is 6.24. The van der Waals surface area contributed by atoms with Crippen molar-refractivity contribution in [2.75, 3.05) is 24.8 Å². The second kappa shape index (κ2) is 6.43. The fourth-order valence-electron chi connectivity index (χ4n) is 1.91. The molecule has 20 heavy (non-hydrogen) atoms. The first-order chi connectivity index (χ1) is 9.65. The van der Waals surface area contributed by atoms with E-state index in [4.69, 9.17) is 16.3 Å². The Kier molecular flexibility index (Phi) is 4.63. The highest BCUT2D eigenvalue weighted by Crippen LogP contribution is 2.31. The van der Waals surface area contributed by atoms with E-state index in [2.05, 4.69) is 20.6 Å². The van der Waals surface area contributed by atoms with Crippen molar-refractivity contribution in [3.05, 3.63) is 41.2 Å². The van der Waals surface area contributed by atoms with E-state index in [9.17, 15) is 0 Å². The lowest BCUT2D eigenvalue weighted by Crippen LogP contribution is -2.10. The molecule has 2 rings (SSSR count). The number of aromatic nitrogens is 2. The maximum atomic E-state index is 6.01. The Morgan fingerprint density at radius 3 is 2.65 bits per heavy atom. The van der Waals surface area contributed by atoms with E-state index >= 15 is 0 Å². The largest absolute Gasteiger partial charge is 0.490 e. The summed E-state index contributed by atoms with van der Waals surface area (Å²) in [5, 5.41) is 6.99. The summed E-state index contributed by atoms with van der Waals surface area (Å²) in [6.45, 7) is 2.03. The summed E-state index contributed by atoms with van der Waals surface area (Å²) in [6.07, 6.45) is 1.49. The predicted octanol–water partition coefficient (Wildman–Crippen LogP) is 3.35. The van der Waals surface area contributed by atoms with Crippen molar-refractivity contribution >= 4 is 23.2 Å². The van der Waals surface area contributed by atoms with Crippen molar-refractivity contribution in [3.63, 3.8) is 0 Å².